The van der Waals surface area contributed by atoms with E-state index in [-0.39, 0.29) is 11.6 Å². The zero-order valence-corrected chi connectivity index (χ0v) is 20.7. The highest BCUT2D eigenvalue weighted by Crippen LogP contribution is 2.34. The number of nitrogens with zero attached hydrogens (tertiary/aromatic N) is 2. The standard InChI is InChI=1S/C28H29F3N4O2/c1-34(2)27(37)32-13-15-35-14-12-20-16-23(10-8-21(20)18-35)33-26(36)25-17-22(28(29,30)31)9-11-24(25)19-6-4-3-5-7-19/h3-11,16-17H,12-15,18H2,1-2H3,(H,32,37)(H,33,36). The van der Waals surface area contributed by atoms with Crippen molar-refractivity contribution in [2.45, 2.75) is 19.1 Å². The van der Waals surface area contributed by atoms with Crippen molar-refractivity contribution in [3.63, 3.8) is 0 Å². The Hall–Kier alpha value is -3.85. The van der Waals surface area contributed by atoms with Gasteiger partial charge in [-0.05, 0) is 52.9 Å². The van der Waals surface area contributed by atoms with Gasteiger partial charge in [-0.2, -0.15) is 13.2 Å². The third-order valence-corrected chi connectivity index (χ3v) is 6.34. The monoisotopic (exact) mass is 510 g/mol. The molecule has 3 amide bonds. The van der Waals surface area contributed by atoms with Gasteiger partial charge in [0.1, 0.15) is 0 Å². The normalized spacial score (nSPS) is 13.5. The number of hydrogen-bond donors (Lipinski definition) is 2. The van der Waals surface area contributed by atoms with Crippen LogP contribution in [0.1, 0.15) is 27.0 Å². The van der Waals surface area contributed by atoms with E-state index in [2.05, 4.69) is 15.5 Å². The highest BCUT2D eigenvalue weighted by molar-refractivity contribution is 6.09. The molecule has 0 atom stereocenters. The lowest BCUT2D eigenvalue weighted by Gasteiger charge is -2.29. The molecule has 0 radical (unpaired) electrons. The topological polar surface area (TPSA) is 64.7 Å². The Morgan fingerprint density at radius 2 is 1.73 bits per heavy atom. The van der Waals surface area contributed by atoms with E-state index in [1.807, 2.05) is 12.1 Å². The van der Waals surface area contributed by atoms with Crippen LogP contribution < -0.4 is 10.6 Å². The predicted molar refractivity (Wildman–Crippen MR) is 137 cm³/mol. The van der Waals surface area contributed by atoms with Crippen LogP contribution in [0, 0.1) is 0 Å². The summed E-state index contributed by atoms with van der Waals surface area (Å²) < 4.78 is 40.2. The number of amides is 3. The fourth-order valence-corrected chi connectivity index (χ4v) is 4.34. The third-order valence-electron chi connectivity index (χ3n) is 6.34. The number of carbonyl (C=O) groups excluding carboxylic acids is 2. The molecule has 0 saturated heterocycles. The van der Waals surface area contributed by atoms with Crippen molar-refractivity contribution >= 4 is 17.6 Å². The third kappa shape index (κ3) is 6.48. The van der Waals surface area contributed by atoms with Gasteiger partial charge in [-0.15, -0.1) is 0 Å². The second-order valence-corrected chi connectivity index (χ2v) is 9.21. The van der Waals surface area contributed by atoms with Gasteiger partial charge >= 0.3 is 12.2 Å². The molecule has 3 aromatic carbocycles. The molecule has 3 aromatic rings. The van der Waals surface area contributed by atoms with Gasteiger partial charge in [0.25, 0.3) is 5.91 Å². The molecular formula is C28H29F3N4O2. The van der Waals surface area contributed by atoms with E-state index < -0.39 is 17.6 Å². The van der Waals surface area contributed by atoms with E-state index in [1.54, 1.807) is 50.5 Å². The van der Waals surface area contributed by atoms with Crippen molar-refractivity contribution in [2.75, 3.05) is 39.0 Å². The molecule has 37 heavy (non-hydrogen) atoms. The fraction of sp³-hybridized carbons (Fsp3) is 0.286. The van der Waals surface area contributed by atoms with Crippen LogP contribution in [-0.4, -0.2) is 55.5 Å². The van der Waals surface area contributed by atoms with Crippen LogP contribution >= 0.6 is 0 Å². The van der Waals surface area contributed by atoms with Crippen LogP contribution in [0.4, 0.5) is 23.7 Å². The second kappa shape index (κ2) is 11.0. The van der Waals surface area contributed by atoms with Crippen LogP contribution in [-0.2, 0) is 19.1 Å². The average Bonchev–Trinajstić information content (AvgIpc) is 2.88. The molecular weight excluding hydrogens is 481 g/mol. The van der Waals surface area contributed by atoms with Crippen molar-refractivity contribution in [1.82, 2.24) is 15.1 Å². The van der Waals surface area contributed by atoms with Crippen LogP contribution in [0.5, 0.6) is 0 Å². The maximum atomic E-state index is 13.4. The van der Waals surface area contributed by atoms with Crippen LogP contribution in [0.25, 0.3) is 11.1 Å². The highest BCUT2D eigenvalue weighted by atomic mass is 19.4. The van der Waals surface area contributed by atoms with E-state index in [9.17, 15) is 22.8 Å². The Kier molecular flexibility index (Phi) is 7.83. The largest absolute Gasteiger partial charge is 0.416 e. The summed E-state index contributed by atoms with van der Waals surface area (Å²) in [5.41, 5.74) is 2.92. The maximum absolute atomic E-state index is 13.4. The minimum Gasteiger partial charge on any atom is -0.337 e. The molecule has 0 fully saturated rings. The molecule has 9 heteroatoms. The Bertz CT molecular complexity index is 1280. The van der Waals surface area contributed by atoms with Gasteiger partial charge in [0.15, 0.2) is 0 Å². The SMILES string of the molecule is CN(C)C(=O)NCCN1CCc2cc(NC(=O)c3cc(C(F)(F)F)ccc3-c3ccccc3)ccc2C1. The number of fused-ring (bicyclic) bond motifs is 1. The van der Waals surface area contributed by atoms with Gasteiger partial charge in [0.2, 0.25) is 0 Å². The Labute approximate surface area is 214 Å². The lowest BCUT2D eigenvalue weighted by molar-refractivity contribution is -0.137. The summed E-state index contributed by atoms with van der Waals surface area (Å²) >= 11 is 0. The summed E-state index contributed by atoms with van der Waals surface area (Å²) in [6.07, 6.45) is -3.79. The van der Waals surface area contributed by atoms with E-state index in [4.69, 9.17) is 0 Å². The molecule has 0 aromatic heterocycles. The van der Waals surface area contributed by atoms with Crippen molar-refractivity contribution < 1.29 is 22.8 Å². The lowest BCUT2D eigenvalue weighted by Crippen LogP contribution is -2.41. The maximum Gasteiger partial charge on any atom is 0.416 e. The van der Waals surface area contributed by atoms with Crippen LogP contribution in [0.3, 0.4) is 0 Å². The molecule has 6 nitrogen and oxygen atoms in total. The molecule has 0 spiro atoms. The van der Waals surface area contributed by atoms with Crippen molar-refractivity contribution in [3.05, 3.63) is 89.0 Å². The predicted octanol–water partition coefficient (Wildman–Crippen LogP) is 5.25. The molecule has 0 bridgehead atoms. The number of hydrogen-bond acceptors (Lipinski definition) is 3. The minimum atomic E-state index is -4.56. The molecule has 194 valence electrons. The Morgan fingerprint density at radius 3 is 2.43 bits per heavy atom. The summed E-state index contributed by atoms with van der Waals surface area (Å²) in [5.74, 6) is -0.598. The van der Waals surface area contributed by atoms with Gasteiger partial charge < -0.3 is 15.5 Å². The fourth-order valence-electron chi connectivity index (χ4n) is 4.34. The van der Waals surface area contributed by atoms with Gasteiger partial charge in [-0.1, -0.05) is 42.5 Å². The number of alkyl halides is 3. The average molecular weight is 511 g/mol. The molecule has 0 saturated carbocycles. The first-order valence-corrected chi connectivity index (χ1v) is 12.0. The molecule has 1 aliphatic rings. The number of anilines is 1. The van der Waals surface area contributed by atoms with E-state index in [0.717, 1.165) is 42.8 Å². The van der Waals surface area contributed by atoms with Crippen molar-refractivity contribution in [3.8, 4) is 11.1 Å². The van der Waals surface area contributed by atoms with Crippen LogP contribution in [0.2, 0.25) is 0 Å². The van der Waals surface area contributed by atoms with E-state index >= 15 is 0 Å². The summed E-state index contributed by atoms with van der Waals surface area (Å²) in [5, 5.41) is 5.65. The van der Waals surface area contributed by atoms with Gasteiger partial charge in [-0.3, -0.25) is 9.69 Å². The number of urea groups is 1. The first-order valence-electron chi connectivity index (χ1n) is 12.0. The van der Waals surface area contributed by atoms with E-state index in [1.165, 1.54) is 11.0 Å². The van der Waals surface area contributed by atoms with Crippen molar-refractivity contribution in [2.24, 2.45) is 0 Å². The molecule has 2 N–H and O–H groups in total. The number of carbonyl (C=O) groups is 2. The number of benzene rings is 3. The molecule has 1 aliphatic heterocycles. The summed E-state index contributed by atoms with van der Waals surface area (Å²) in [7, 11) is 3.39. The Morgan fingerprint density at radius 1 is 0.973 bits per heavy atom. The molecule has 0 aliphatic carbocycles. The summed E-state index contributed by atoms with van der Waals surface area (Å²) in [4.78, 5) is 28.6. The molecule has 0 unspecified atom stereocenters. The second-order valence-electron chi connectivity index (χ2n) is 9.21. The summed E-state index contributed by atoms with van der Waals surface area (Å²) in [6, 6.07) is 17.6. The van der Waals surface area contributed by atoms with Gasteiger partial charge in [-0.25, -0.2) is 4.79 Å². The summed E-state index contributed by atoms with van der Waals surface area (Å²) in [6.45, 7) is 2.78. The smallest absolute Gasteiger partial charge is 0.337 e. The van der Waals surface area contributed by atoms with Crippen LogP contribution in [0.15, 0.2) is 66.7 Å². The zero-order chi connectivity index (χ0) is 26.6. The molecule has 1 heterocycles. The minimum absolute atomic E-state index is 0.0373. The van der Waals surface area contributed by atoms with Crippen molar-refractivity contribution in [1.29, 1.82) is 0 Å². The van der Waals surface area contributed by atoms with Gasteiger partial charge in [0, 0.05) is 51.5 Å². The number of halogens is 3. The lowest BCUT2D eigenvalue weighted by atomic mass is 9.96. The quantitative estimate of drug-likeness (QED) is 0.476. The highest BCUT2D eigenvalue weighted by Gasteiger charge is 2.32. The molecule has 4 rings (SSSR count). The first-order chi connectivity index (χ1) is 17.6. The Balaban J connectivity index is 1.48. The van der Waals surface area contributed by atoms with E-state index in [0.29, 0.717) is 29.9 Å². The number of nitrogens with one attached hydrogen (secondary N) is 2. The zero-order valence-electron chi connectivity index (χ0n) is 20.7. The van der Waals surface area contributed by atoms with Gasteiger partial charge in [0.05, 0.1) is 5.56 Å². The first kappa shape index (κ1) is 26.2. The number of rotatable bonds is 6.